The first-order valence-electron chi connectivity index (χ1n) is 6.62. The summed E-state index contributed by atoms with van der Waals surface area (Å²) in [5.41, 5.74) is 1.06. The molecule has 0 radical (unpaired) electrons. The lowest BCUT2D eigenvalue weighted by Gasteiger charge is -2.29. The third kappa shape index (κ3) is 3.05. The van der Waals surface area contributed by atoms with Crippen molar-refractivity contribution in [3.05, 3.63) is 29.0 Å². The molecule has 0 amide bonds. The maximum atomic E-state index is 9.67. The largest absolute Gasteiger partial charge is 0.459 e. The van der Waals surface area contributed by atoms with E-state index in [1.807, 2.05) is 19.1 Å². The second kappa shape index (κ2) is 5.45. The Hall–Kier alpha value is -1.17. The molecule has 1 aliphatic rings. The molecule has 1 unspecified atom stereocenters. The third-order valence-electron chi connectivity index (χ3n) is 3.37. The average Bonchev–Trinajstić information content (AvgIpc) is 2.98. The number of furan rings is 1. The number of aliphatic hydroxyl groups is 1. The number of hydrogen-bond donors (Lipinski definition) is 1. The number of aryl methyl sites for hydroxylation is 1. The first kappa shape index (κ1) is 12.8. The van der Waals surface area contributed by atoms with E-state index in [0.29, 0.717) is 0 Å². The van der Waals surface area contributed by atoms with Crippen LogP contribution in [0.15, 0.2) is 21.9 Å². The number of rotatable bonds is 3. The molecule has 1 fully saturated rings. The highest BCUT2D eigenvalue weighted by Crippen LogP contribution is 2.26. The van der Waals surface area contributed by atoms with Crippen molar-refractivity contribution in [2.45, 2.75) is 32.4 Å². The molecule has 0 bridgehead atoms. The summed E-state index contributed by atoms with van der Waals surface area (Å²) in [5.74, 6) is 1.75. The van der Waals surface area contributed by atoms with Crippen molar-refractivity contribution in [2.75, 3.05) is 13.1 Å². The highest BCUT2D eigenvalue weighted by Gasteiger charge is 2.18. The minimum absolute atomic E-state index is 0.181. The van der Waals surface area contributed by atoms with Crippen LogP contribution >= 0.6 is 11.3 Å². The summed E-state index contributed by atoms with van der Waals surface area (Å²) in [7, 11) is 0. The van der Waals surface area contributed by atoms with Gasteiger partial charge in [-0.1, -0.05) is 0 Å². The van der Waals surface area contributed by atoms with E-state index in [2.05, 4.69) is 15.3 Å². The minimum atomic E-state index is -0.181. The van der Waals surface area contributed by atoms with E-state index in [1.165, 1.54) is 0 Å². The molecular formula is C14H18N2O2S. The van der Waals surface area contributed by atoms with Gasteiger partial charge in [0.1, 0.15) is 5.76 Å². The van der Waals surface area contributed by atoms with E-state index in [0.717, 1.165) is 54.7 Å². The Kier molecular flexibility index (Phi) is 3.68. The Morgan fingerprint density at radius 2 is 2.42 bits per heavy atom. The topological polar surface area (TPSA) is 49.5 Å². The molecule has 2 aromatic rings. The zero-order valence-corrected chi connectivity index (χ0v) is 11.8. The van der Waals surface area contributed by atoms with Crippen LogP contribution < -0.4 is 0 Å². The number of thiazole rings is 1. The molecule has 5 heteroatoms. The summed E-state index contributed by atoms with van der Waals surface area (Å²) in [6.45, 7) is 4.55. The number of aromatic nitrogens is 1. The highest BCUT2D eigenvalue weighted by atomic mass is 32.1. The van der Waals surface area contributed by atoms with E-state index < -0.39 is 0 Å². The average molecular weight is 278 g/mol. The van der Waals surface area contributed by atoms with Gasteiger partial charge in [0.05, 0.1) is 11.8 Å². The monoisotopic (exact) mass is 278 g/mol. The Balaban J connectivity index is 1.68. The van der Waals surface area contributed by atoms with Gasteiger partial charge in [-0.05, 0) is 38.4 Å². The van der Waals surface area contributed by atoms with Crippen LogP contribution in [0.25, 0.3) is 10.8 Å². The van der Waals surface area contributed by atoms with Crippen molar-refractivity contribution in [3.63, 3.8) is 0 Å². The summed E-state index contributed by atoms with van der Waals surface area (Å²) < 4.78 is 5.58. The van der Waals surface area contributed by atoms with Gasteiger partial charge in [-0.2, -0.15) is 0 Å². The fourth-order valence-corrected chi connectivity index (χ4v) is 3.22. The summed E-state index contributed by atoms with van der Waals surface area (Å²) >= 11 is 1.61. The molecular weight excluding hydrogens is 260 g/mol. The highest BCUT2D eigenvalue weighted by molar-refractivity contribution is 7.13. The van der Waals surface area contributed by atoms with Crippen molar-refractivity contribution in [1.82, 2.24) is 9.88 Å². The Labute approximate surface area is 116 Å². The Bertz CT molecular complexity index is 549. The van der Waals surface area contributed by atoms with E-state index in [4.69, 9.17) is 4.42 Å². The first-order valence-corrected chi connectivity index (χ1v) is 7.50. The van der Waals surface area contributed by atoms with Crippen LogP contribution in [0.5, 0.6) is 0 Å². The maximum absolute atomic E-state index is 9.67. The third-order valence-corrected chi connectivity index (χ3v) is 4.27. The van der Waals surface area contributed by atoms with Gasteiger partial charge in [0, 0.05) is 18.5 Å². The molecule has 1 aliphatic heterocycles. The number of likely N-dealkylation sites (tertiary alicyclic amines) is 1. The molecule has 1 saturated heterocycles. The minimum Gasteiger partial charge on any atom is -0.459 e. The molecule has 1 atom stereocenters. The fraction of sp³-hybridized carbons (Fsp3) is 0.500. The number of piperidine rings is 1. The predicted octanol–water partition coefficient (Wildman–Crippen LogP) is 2.67. The second-order valence-corrected chi connectivity index (χ2v) is 5.94. The van der Waals surface area contributed by atoms with E-state index in [-0.39, 0.29) is 6.10 Å². The van der Waals surface area contributed by atoms with Gasteiger partial charge in [-0.25, -0.2) is 4.98 Å². The van der Waals surface area contributed by atoms with Gasteiger partial charge < -0.3 is 9.52 Å². The summed E-state index contributed by atoms with van der Waals surface area (Å²) in [4.78, 5) is 6.88. The molecule has 3 rings (SSSR count). The summed E-state index contributed by atoms with van der Waals surface area (Å²) in [5, 5.41) is 12.7. The number of hydrogen-bond acceptors (Lipinski definition) is 5. The Morgan fingerprint density at radius 3 is 3.16 bits per heavy atom. The summed E-state index contributed by atoms with van der Waals surface area (Å²) in [6.07, 6.45) is 1.81. The van der Waals surface area contributed by atoms with Crippen LogP contribution in [0.3, 0.4) is 0 Å². The summed E-state index contributed by atoms with van der Waals surface area (Å²) in [6, 6.07) is 3.92. The van der Waals surface area contributed by atoms with Gasteiger partial charge in [0.25, 0.3) is 0 Å². The normalized spacial score (nSPS) is 20.8. The van der Waals surface area contributed by atoms with Crippen molar-refractivity contribution in [2.24, 2.45) is 0 Å². The molecule has 1 N–H and O–H groups in total. The molecule has 102 valence electrons. The van der Waals surface area contributed by atoms with Gasteiger partial charge in [0.15, 0.2) is 10.8 Å². The zero-order valence-electron chi connectivity index (χ0n) is 11.0. The predicted molar refractivity (Wildman–Crippen MR) is 75.1 cm³/mol. The van der Waals surface area contributed by atoms with Crippen molar-refractivity contribution in [1.29, 1.82) is 0 Å². The van der Waals surface area contributed by atoms with Crippen LogP contribution in [0.1, 0.15) is 24.3 Å². The van der Waals surface area contributed by atoms with Crippen LogP contribution in [0, 0.1) is 6.92 Å². The molecule has 19 heavy (non-hydrogen) atoms. The molecule has 0 saturated carbocycles. The number of nitrogens with zero attached hydrogens (tertiary/aromatic N) is 2. The lowest BCUT2D eigenvalue weighted by molar-refractivity contribution is 0.0663. The molecule has 0 aliphatic carbocycles. The van der Waals surface area contributed by atoms with E-state index in [1.54, 1.807) is 11.3 Å². The Morgan fingerprint density at radius 1 is 1.53 bits per heavy atom. The lowest BCUT2D eigenvalue weighted by Crippen LogP contribution is -2.37. The molecule has 0 aromatic carbocycles. The van der Waals surface area contributed by atoms with Gasteiger partial charge >= 0.3 is 0 Å². The molecule has 0 spiro atoms. The molecule has 2 aromatic heterocycles. The van der Waals surface area contributed by atoms with E-state index >= 15 is 0 Å². The van der Waals surface area contributed by atoms with Crippen LogP contribution in [-0.4, -0.2) is 34.2 Å². The van der Waals surface area contributed by atoms with Gasteiger partial charge in [-0.15, -0.1) is 11.3 Å². The van der Waals surface area contributed by atoms with Crippen LogP contribution in [-0.2, 0) is 6.54 Å². The van der Waals surface area contributed by atoms with Crippen molar-refractivity contribution in [3.8, 4) is 10.8 Å². The second-order valence-electron chi connectivity index (χ2n) is 5.09. The fourth-order valence-electron chi connectivity index (χ4n) is 2.45. The first-order chi connectivity index (χ1) is 9.20. The SMILES string of the molecule is Cc1ccc(-c2nc(CN3CCCC(O)C3)cs2)o1. The van der Waals surface area contributed by atoms with Crippen molar-refractivity contribution < 1.29 is 9.52 Å². The van der Waals surface area contributed by atoms with E-state index in [9.17, 15) is 5.11 Å². The lowest BCUT2D eigenvalue weighted by atomic mass is 10.1. The molecule has 4 nitrogen and oxygen atoms in total. The smallest absolute Gasteiger partial charge is 0.162 e. The maximum Gasteiger partial charge on any atom is 0.162 e. The van der Waals surface area contributed by atoms with Crippen LogP contribution in [0.4, 0.5) is 0 Å². The number of β-amino-alcohol motifs (C(OH)–C–C–N with tert-alkyl or cyclic N) is 1. The van der Waals surface area contributed by atoms with Crippen molar-refractivity contribution >= 4 is 11.3 Å². The quantitative estimate of drug-likeness (QED) is 0.937. The molecule has 3 heterocycles. The van der Waals surface area contributed by atoms with Gasteiger partial charge in [-0.3, -0.25) is 4.90 Å². The zero-order chi connectivity index (χ0) is 13.2. The van der Waals surface area contributed by atoms with Gasteiger partial charge in [0.2, 0.25) is 0 Å². The standard InChI is InChI=1S/C14H18N2O2S/c1-10-4-5-13(18-10)14-15-11(9-19-14)7-16-6-2-3-12(17)8-16/h4-5,9,12,17H,2-3,6-8H2,1H3. The van der Waals surface area contributed by atoms with Crippen LogP contribution in [0.2, 0.25) is 0 Å². The number of aliphatic hydroxyl groups excluding tert-OH is 1.